The van der Waals surface area contributed by atoms with Gasteiger partial charge in [0.1, 0.15) is 0 Å². The number of primary amides is 1. The number of nitrogens with zero attached hydrogens (tertiary/aromatic N) is 3. The molecule has 5 nitrogen and oxygen atoms in total. The molecular weight excluding hydrogens is 316 g/mol. The zero-order chi connectivity index (χ0) is 15.5. The summed E-state index contributed by atoms with van der Waals surface area (Å²) >= 11 is 3.26. The van der Waals surface area contributed by atoms with E-state index < -0.39 is 5.91 Å². The molecule has 0 aliphatic rings. The lowest BCUT2D eigenvalue weighted by Gasteiger charge is -2.03. The van der Waals surface area contributed by atoms with Crippen molar-refractivity contribution in [3.05, 3.63) is 52.9 Å². The van der Waals surface area contributed by atoms with Crippen LogP contribution in [0.1, 0.15) is 15.9 Å². The number of carbonyl (C=O) groups is 1. The van der Waals surface area contributed by atoms with Crippen LogP contribution in [0.25, 0.3) is 10.7 Å². The molecule has 7 heteroatoms. The minimum atomic E-state index is -0.409. The number of amides is 1. The van der Waals surface area contributed by atoms with E-state index in [4.69, 9.17) is 5.73 Å². The third-order valence-corrected chi connectivity index (χ3v) is 5.14. The minimum absolute atomic E-state index is 0.409. The van der Waals surface area contributed by atoms with Gasteiger partial charge in [-0.25, -0.2) is 0 Å². The van der Waals surface area contributed by atoms with Crippen molar-refractivity contribution in [2.75, 3.05) is 0 Å². The van der Waals surface area contributed by atoms with Gasteiger partial charge >= 0.3 is 0 Å². The number of carbonyl (C=O) groups excluding carboxylic acids is 1. The van der Waals surface area contributed by atoms with Gasteiger partial charge in [-0.2, -0.15) is 0 Å². The largest absolute Gasteiger partial charge is 0.366 e. The Balaban J connectivity index is 1.70. The molecule has 3 rings (SSSR count). The van der Waals surface area contributed by atoms with Gasteiger partial charge in [-0.15, -0.1) is 21.5 Å². The Kier molecular flexibility index (Phi) is 4.26. The van der Waals surface area contributed by atoms with E-state index in [1.165, 1.54) is 0 Å². The van der Waals surface area contributed by atoms with Crippen molar-refractivity contribution in [2.24, 2.45) is 12.8 Å². The van der Waals surface area contributed by atoms with Crippen LogP contribution in [0.5, 0.6) is 0 Å². The summed E-state index contributed by atoms with van der Waals surface area (Å²) in [6, 6.07) is 11.3. The molecule has 1 aromatic carbocycles. The molecule has 0 saturated carbocycles. The lowest BCUT2D eigenvalue weighted by molar-refractivity contribution is 0.100. The van der Waals surface area contributed by atoms with Crippen LogP contribution in [0, 0.1) is 0 Å². The summed E-state index contributed by atoms with van der Waals surface area (Å²) in [6.07, 6.45) is 0. The lowest BCUT2D eigenvalue weighted by Crippen LogP contribution is -2.10. The Morgan fingerprint density at radius 2 is 2.05 bits per heavy atom. The van der Waals surface area contributed by atoms with Gasteiger partial charge in [0.25, 0.3) is 0 Å². The first-order chi connectivity index (χ1) is 10.6. The van der Waals surface area contributed by atoms with Crippen LogP contribution in [-0.4, -0.2) is 20.7 Å². The van der Waals surface area contributed by atoms with Crippen LogP contribution < -0.4 is 5.73 Å². The summed E-state index contributed by atoms with van der Waals surface area (Å²) in [5, 5.41) is 11.4. The van der Waals surface area contributed by atoms with Gasteiger partial charge in [-0.3, -0.25) is 4.79 Å². The molecule has 0 unspecified atom stereocenters. The summed E-state index contributed by atoms with van der Waals surface area (Å²) in [5.74, 6) is 1.23. The summed E-state index contributed by atoms with van der Waals surface area (Å²) in [4.78, 5) is 12.2. The van der Waals surface area contributed by atoms with Crippen LogP contribution in [-0.2, 0) is 12.8 Å². The minimum Gasteiger partial charge on any atom is -0.366 e. The van der Waals surface area contributed by atoms with Crippen LogP contribution in [0.2, 0.25) is 0 Å². The Labute approximate surface area is 136 Å². The van der Waals surface area contributed by atoms with Crippen molar-refractivity contribution in [1.29, 1.82) is 0 Å². The number of thiophene rings is 1. The lowest BCUT2D eigenvalue weighted by atomic mass is 10.1. The Morgan fingerprint density at radius 1 is 1.27 bits per heavy atom. The number of rotatable bonds is 5. The first kappa shape index (κ1) is 14.8. The van der Waals surface area contributed by atoms with E-state index in [0.29, 0.717) is 5.56 Å². The van der Waals surface area contributed by atoms with Crippen molar-refractivity contribution < 1.29 is 4.79 Å². The molecule has 0 spiro atoms. The highest BCUT2D eigenvalue weighted by atomic mass is 32.2. The smallest absolute Gasteiger partial charge is 0.248 e. The summed E-state index contributed by atoms with van der Waals surface area (Å²) in [5.41, 5.74) is 6.86. The van der Waals surface area contributed by atoms with Gasteiger partial charge in [0.05, 0.1) is 4.88 Å². The molecule has 0 bridgehead atoms. The molecule has 2 aromatic heterocycles. The van der Waals surface area contributed by atoms with E-state index in [1.54, 1.807) is 35.2 Å². The fourth-order valence-corrected chi connectivity index (χ4v) is 3.59. The van der Waals surface area contributed by atoms with Gasteiger partial charge in [0, 0.05) is 18.4 Å². The van der Waals surface area contributed by atoms with E-state index in [1.807, 2.05) is 41.3 Å². The van der Waals surface area contributed by atoms with Crippen molar-refractivity contribution in [2.45, 2.75) is 10.9 Å². The van der Waals surface area contributed by atoms with Crippen LogP contribution in [0.15, 0.2) is 46.9 Å². The zero-order valence-corrected chi connectivity index (χ0v) is 13.5. The highest BCUT2D eigenvalue weighted by Crippen LogP contribution is 2.27. The standard InChI is InChI=1S/C15H14N4OS2/c1-19-14(12-3-2-8-21-12)17-18-15(19)22-9-10-4-6-11(7-5-10)13(16)20/h2-8H,9H2,1H3,(H2,16,20). The highest BCUT2D eigenvalue weighted by Gasteiger charge is 2.12. The SMILES string of the molecule is Cn1c(SCc2ccc(C(N)=O)cc2)nnc1-c1cccs1. The molecule has 3 aromatic rings. The number of aromatic nitrogens is 3. The van der Waals surface area contributed by atoms with Crippen molar-refractivity contribution in [3.8, 4) is 10.7 Å². The average Bonchev–Trinajstić information content (AvgIpc) is 3.15. The first-order valence-electron chi connectivity index (χ1n) is 6.60. The van der Waals surface area contributed by atoms with E-state index in [-0.39, 0.29) is 0 Å². The third-order valence-electron chi connectivity index (χ3n) is 3.18. The number of hydrogen-bond donors (Lipinski definition) is 1. The normalized spacial score (nSPS) is 10.8. The molecule has 112 valence electrons. The molecule has 2 N–H and O–H groups in total. The van der Waals surface area contributed by atoms with E-state index in [2.05, 4.69) is 10.2 Å². The molecule has 0 aliphatic heterocycles. The Hall–Kier alpha value is -2.12. The number of thioether (sulfide) groups is 1. The van der Waals surface area contributed by atoms with Crippen molar-refractivity contribution in [3.63, 3.8) is 0 Å². The van der Waals surface area contributed by atoms with Crippen molar-refractivity contribution in [1.82, 2.24) is 14.8 Å². The predicted molar refractivity (Wildman–Crippen MR) is 88.8 cm³/mol. The van der Waals surface area contributed by atoms with E-state index in [0.717, 1.165) is 27.2 Å². The summed E-state index contributed by atoms with van der Waals surface area (Å²) < 4.78 is 1.99. The Morgan fingerprint density at radius 3 is 2.68 bits per heavy atom. The van der Waals surface area contributed by atoms with Gasteiger partial charge in [-0.1, -0.05) is 30.0 Å². The molecule has 0 saturated heterocycles. The third kappa shape index (κ3) is 3.05. The topological polar surface area (TPSA) is 73.8 Å². The molecule has 0 atom stereocenters. The molecule has 0 aliphatic carbocycles. The quantitative estimate of drug-likeness (QED) is 0.730. The summed E-state index contributed by atoms with van der Waals surface area (Å²) in [7, 11) is 1.97. The molecule has 0 radical (unpaired) electrons. The van der Waals surface area contributed by atoms with Gasteiger partial charge in [-0.05, 0) is 29.1 Å². The average molecular weight is 330 g/mol. The maximum Gasteiger partial charge on any atom is 0.248 e. The molecular formula is C15H14N4OS2. The maximum atomic E-state index is 11.0. The van der Waals surface area contributed by atoms with Crippen LogP contribution in [0.3, 0.4) is 0 Å². The van der Waals surface area contributed by atoms with Gasteiger partial charge in [0.15, 0.2) is 11.0 Å². The second-order valence-electron chi connectivity index (χ2n) is 4.69. The van der Waals surface area contributed by atoms with E-state index in [9.17, 15) is 4.79 Å². The molecule has 1 amide bonds. The first-order valence-corrected chi connectivity index (χ1v) is 8.46. The monoisotopic (exact) mass is 330 g/mol. The molecule has 2 heterocycles. The van der Waals surface area contributed by atoms with Crippen molar-refractivity contribution >= 4 is 29.0 Å². The summed E-state index contributed by atoms with van der Waals surface area (Å²) in [6.45, 7) is 0. The second-order valence-corrected chi connectivity index (χ2v) is 6.58. The number of benzene rings is 1. The van der Waals surface area contributed by atoms with Crippen LogP contribution in [0.4, 0.5) is 0 Å². The Bertz CT molecular complexity index is 778. The number of hydrogen-bond acceptors (Lipinski definition) is 5. The van der Waals surface area contributed by atoms with E-state index >= 15 is 0 Å². The fraction of sp³-hybridized carbons (Fsp3) is 0.133. The zero-order valence-electron chi connectivity index (χ0n) is 11.9. The van der Waals surface area contributed by atoms with Gasteiger partial charge < -0.3 is 10.3 Å². The predicted octanol–water partition coefficient (Wildman–Crippen LogP) is 2.93. The maximum absolute atomic E-state index is 11.0. The second kappa shape index (κ2) is 6.33. The molecule has 0 fully saturated rings. The highest BCUT2D eigenvalue weighted by molar-refractivity contribution is 7.98. The number of nitrogens with two attached hydrogens (primary N) is 1. The van der Waals surface area contributed by atoms with Gasteiger partial charge in [0.2, 0.25) is 5.91 Å². The molecule has 22 heavy (non-hydrogen) atoms. The fourth-order valence-electron chi connectivity index (χ4n) is 1.97. The van der Waals surface area contributed by atoms with Crippen LogP contribution >= 0.6 is 23.1 Å².